The molecule has 2 N–H and O–H groups in total. The molecule has 0 spiro atoms. The van der Waals surface area contributed by atoms with E-state index in [1.807, 2.05) is 13.0 Å². The van der Waals surface area contributed by atoms with Crippen molar-refractivity contribution in [2.75, 3.05) is 5.32 Å². The zero-order chi connectivity index (χ0) is 14.3. The summed E-state index contributed by atoms with van der Waals surface area (Å²) in [6, 6.07) is 7.16. The molecule has 20 heavy (non-hydrogen) atoms. The predicted octanol–water partition coefficient (Wildman–Crippen LogP) is 2.24. The van der Waals surface area contributed by atoms with Crippen molar-refractivity contribution in [3.05, 3.63) is 46.2 Å². The minimum atomic E-state index is -1.71. The van der Waals surface area contributed by atoms with Gasteiger partial charge in [-0.1, -0.05) is 25.1 Å². The van der Waals surface area contributed by atoms with Crippen molar-refractivity contribution in [3.8, 4) is 0 Å². The van der Waals surface area contributed by atoms with E-state index in [0.29, 0.717) is 28.0 Å². The lowest BCUT2D eigenvalue weighted by molar-refractivity contribution is -0.130. The smallest absolute Gasteiger partial charge is 0.267 e. The lowest BCUT2D eigenvalue weighted by Crippen LogP contribution is -2.38. The molecule has 5 nitrogen and oxygen atoms in total. The Morgan fingerprint density at radius 2 is 2.20 bits per heavy atom. The molecule has 104 valence electrons. The first-order valence-electron chi connectivity index (χ1n) is 6.44. The van der Waals surface area contributed by atoms with Crippen LogP contribution < -0.4 is 5.32 Å². The molecule has 0 saturated heterocycles. The van der Waals surface area contributed by atoms with Gasteiger partial charge in [0.25, 0.3) is 5.91 Å². The van der Waals surface area contributed by atoms with Gasteiger partial charge < -0.3 is 10.4 Å². The van der Waals surface area contributed by atoms with E-state index >= 15 is 0 Å². The number of halogens is 1. The quantitative estimate of drug-likeness (QED) is 0.903. The molecular formula is C14H14BrN3O2. The minimum absolute atomic E-state index is 0.447. The third-order valence-corrected chi connectivity index (χ3v) is 4.05. The molecular weight excluding hydrogens is 322 g/mol. The first kappa shape index (κ1) is 13.3. The number of rotatable bonds is 3. The Bertz CT molecular complexity index is 683. The Morgan fingerprint density at radius 1 is 1.45 bits per heavy atom. The van der Waals surface area contributed by atoms with Crippen LogP contribution in [0.15, 0.2) is 34.9 Å². The maximum absolute atomic E-state index is 12.3. The molecule has 2 aromatic rings. The summed E-state index contributed by atoms with van der Waals surface area (Å²) in [5.41, 5.74) is -0.0392. The lowest BCUT2D eigenvalue weighted by atomic mass is 9.91. The van der Waals surface area contributed by atoms with Gasteiger partial charge in [-0.25, -0.2) is 0 Å². The van der Waals surface area contributed by atoms with Crippen LogP contribution in [0.25, 0.3) is 0 Å². The molecule has 1 aliphatic heterocycles. The second-order valence-electron chi connectivity index (χ2n) is 4.77. The molecule has 2 heterocycles. The van der Waals surface area contributed by atoms with E-state index in [1.165, 1.54) is 0 Å². The molecule has 1 aliphatic rings. The van der Waals surface area contributed by atoms with Gasteiger partial charge in [-0.3, -0.25) is 9.48 Å². The molecule has 1 atom stereocenters. The van der Waals surface area contributed by atoms with Crippen molar-refractivity contribution in [2.24, 2.45) is 0 Å². The van der Waals surface area contributed by atoms with Crippen LogP contribution in [0, 0.1) is 0 Å². The number of aliphatic hydroxyl groups is 1. The van der Waals surface area contributed by atoms with E-state index in [9.17, 15) is 9.90 Å². The number of hydrogen-bond donors (Lipinski definition) is 2. The second-order valence-corrected chi connectivity index (χ2v) is 5.63. The summed E-state index contributed by atoms with van der Waals surface area (Å²) in [7, 11) is 0. The van der Waals surface area contributed by atoms with E-state index in [2.05, 4.69) is 26.3 Å². The van der Waals surface area contributed by atoms with Crippen molar-refractivity contribution < 1.29 is 9.90 Å². The van der Waals surface area contributed by atoms with Crippen molar-refractivity contribution in [1.82, 2.24) is 9.78 Å². The number of carbonyl (C=O) groups is 1. The van der Waals surface area contributed by atoms with Crippen LogP contribution >= 0.6 is 15.9 Å². The Balaban J connectivity index is 2.23. The average molecular weight is 336 g/mol. The summed E-state index contributed by atoms with van der Waals surface area (Å²) >= 11 is 3.39. The van der Waals surface area contributed by atoms with Gasteiger partial charge in [0.1, 0.15) is 0 Å². The summed E-state index contributed by atoms with van der Waals surface area (Å²) in [5.74, 6) is -0.447. The summed E-state index contributed by atoms with van der Waals surface area (Å²) in [6.45, 7) is 2.66. The molecule has 0 saturated carbocycles. The predicted molar refractivity (Wildman–Crippen MR) is 78.3 cm³/mol. The van der Waals surface area contributed by atoms with Crippen molar-refractivity contribution >= 4 is 27.5 Å². The van der Waals surface area contributed by atoms with Crippen LogP contribution in [-0.2, 0) is 16.9 Å². The lowest BCUT2D eigenvalue weighted by Gasteiger charge is -2.22. The summed E-state index contributed by atoms with van der Waals surface area (Å²) < 4.78 is 2.30. The Morgan fingerprint density at radius 3 is 2.95 bits per heavy atom. The van der Waals surface area contributed by atoms with Crippen molar-refractivity contribution in [1.29, 1.82) is 0 Å². The van der Waals surface area contributed by atoms with Crippen LogP contribution in [-0.4, -0.2) is 20.8 Å². The van der Waals surface area contributed by atoms with Gasteiger partial charge in [-0.2, -0.15) is 5.10 Å². The first-order chi connectivity index (χ1) is 9.59. The molecule has 1 amide bonds. The monoisotopic (exact) mass is 335 g/mol. The van der Waals surface area contributed by atoms with Gasteiger partial charge in [0.15, 0.2) is 0 Å². The van der Waals surface area contributed by atoms with Gasteiger partial charge in [0.2, 0.25) is 5.60 Å². The zero-order valence-electron chi connectivity index (χ0n) is 10.9. The van der Waals surface area contributed by atoms with Crippen molar-refractivity contribution in [3.63, 3.8) is 0 Å². The van der Waals surface area contributed by atoms with E-state index in [4.69, 9.17) is 0 Å². The molecule has 1 unspecified atom stereocenters. The first-order valence-corrected chi connectivity index (χ1v) is 7.23. The zero-order valence-corrected chi connectivity index (χ0v) is 12.5. The second kappa shape index (κ2) is 4.71. The Kier molecular flexibility index (Phi) is 3.14. The van der Waals surface area contributed by atoms with Crippen molar-refractivity contribution in [2.45, 2.75) is 25.5 Å². The molecule has 0 radical (unpaired) electrons. The molecule has 1 aromatic carbocycles. The van der Waals surface area contributed by atoms with Crippen LogP contribution in [0.4, 0.5) is 5.69 Å². The van der Waals surface area contributed by atoms with E-state index in [1.54, 1.807) is 29.1 Å². The number of aryl methyl sites for hydroxylation is 1. The molecule has 0 aliphatic carbocycles. The fourth-order valence-electron chi connectivity index (χ4n) is 2.58. The molecule has 0 bridgehead atoms. The van der Waals surface area contributed by atoms with Crippen LogP contribution in [0.5, 0.6) is 0 Å². The highest BCUT2D eigenvalue weighted by atomic mass is 79.9. The number of anilines is 1. The summed E-state index contributed by atoms with van der Waals surface area (Å²) in [5, 5.41) is 18.0. The normalized spacial score (nSPS) is 20.9. The highest BCUT2D eigenvalue weighted by molar-refractivity contribution is 9.10. The Hall–Kier alpha value is -1.66. The number of nitrogens with zero attached hydrogens (tertiary/aromatic N) is 2. The van der Waals surface area contributed by atoms with Crippen LogP contribution in [0.3, 0.4) is 0 Å². The van der Waals surface area contributed by atoms with Gasteiger partial charge >= 0.3 is 0 Å². The average Bonchev–Trinajstić information content (AvgIpc) is 2.91. The molecule has 0 fully saturated rings. The number of amides is 1. The number of aromatic nitrogens is 2. The van der Waals surface area contributed by atoms with Crippen LogP contribution in [0.2, 0.25) is 0 Å². The molecule has 1 aromatic heterocycles. The number of hydrogen-bond acceptors (Lipinski definition) is 3. The van der Waals surface area contributed by atoms with E-state index in [0.717, 1.165) is 6.42 Å². The Labute approximate surface area is 124 Å². The fraction of sp³-hybridized carbons (Fsp3) is 0.286. The summed E-state index contributed by atoms with van der Waals surface area (Å²) in [6.07, 6.45) is 2.47. The maximum atomic E-state index is 12.3. The largest absolute Gasteiger partial charge is 0.370 e. The standard InChI is InChI=1S/C14H14BrN3O2/c1-2-7-18-12(10(15)8-16-18)14(20)9-5-3-4-6-11(9)17-13(14)19/h3-6,8,20H,2,7H2,1H3,(H,17,19). The number of benzene rings is 1. The number of fused-ring (bicyclic) bond motifs is 1. The topological polar surface area (TPSA) is 67.1 Å². The highest BCUT2D eigenvalue weighted by Crippen LogP contribution is 2.43. The molecule has 6 heteroatoms. The number of nitrogens with one attached hydrogen (secondary N) is 1. The minimum Gasteiger partial charge on any atom is -0.370 e. The van der Waals surface area contributed by atoms with Crippen LogP contribution in [0.1, 0.15) is 24.6 Å². The van der Waals surface area contributed by atoms with Gasteiger partial charge in [0, 0.05) is 17.8 Å². The maximum Gasteiger partial charge on any atom is 0.267 e. The summed E-state index contributed by atoms with van der Waals surface area (Å²) in [4.78, 5) is 12.3. The van der Waals surface area contributed by atoms with E-state index in [-0.39, 0.29) is 0 Å². The van der Waals surface area contributed by atoms with Gasteiger partial charge in [-0.15, -0.1) is 0 Å². The molecule has 3 rings (SSSR count). The van der Waals surface area contributed by atoms with E-state index < -0.39 is 11.5 Å². The third kappa shape index (κ3) is 1.72. The number of para-hydroxylation sites is 1. The SMILES string of the molecule is CCCn1ncc(Br)c1C1(O)C(=O)Nc2ccccc21. The fourth-order valence-corrected chi connectivity index (χ4v) is 3.16. The van der Waals surface area contributed by atoms with Gasteiger partial charge in [0.05, 0.1) is 16.4 Å². The third-order valence-electron chi connectivity index (χ3n) is 3.47. The highest BCUT2D eigenvalue weighted by Gasteiger charge is 2.50. The van der Waals surface area contributed by atoms with Gasteiger partial charge in [-0.05, 0) is 28.4 Å². The number of carbonyl (C=O) groups excluding carboxylic acids is 1.